The van der Waals surface area contributed by atoms with Crippen LogP contribution in [-0.2, 0) is 27.3 Å². The van der Waals surface area contributed by atoms with E-state index >= 15 is 0 Å². The van der Waals surface area contributed by atoms with Crippen LogP contribution in [0.15, 0.2) is 42.9 Å². The normalized spacial score (nSPS) is 16.4. The summed E-state index contributed by atoms with van der Waals surface area (Å²) < 4.78 is 5.28. The number of carbonyl (C=O) groups is 2. The number of anilines is 2. The lowest BCUT2D eigenvalue weighted by Crippen LogP contribution is -2.60. The Labute approximate surface area is 191 Å². The van der Waals surface area contributed by atoms with E-state index in [1.807, 2.05) is 24.3 Å². The Morgan fingerprint density at radius 3 is 2.70 bits per heavy atom. The van der Waals surface area contributed by atoms with Gasteiger partial charge in [0, 0.05) is 44.7 Å². The summed E-state index contributed by atoms with van der Waals surface area (Å²) in [5, 5.41) is 0.775. The van der Waals surface area contributed by atoms with Crippen molar-refractivity contribution in [1.29, 1.82) is 0 Å². The highest BCUT2D eigenvalue weighted by Gasteiger charge is 2.37. The summed E-state index contributed by atoms with van der Waals surface area (Å²) in [7, 11) is 1.53. The number of piperazine rings is 1. The van der Waals surface area contributed by atoms with Gasteiger partial charge in [-0.15, -0.1) is 0 Å². The Morgan fingerprint density at radius 2 is 1.94 bits per heavy atom. The van der Waals surface area contributed by atoms with E-state index in [0.717, 1.165) is 22.0 Å². The van der Waals surface area contributed by atoms with Crippen molar-refractivity contribution in [3.8, 4) is 0 Å². The summed E-state index contributed by atoms with van der Waals surface area (Å²) in [6.07, 6.45) is 3.90. The van der Waals surface area contributed by atoms with Crippen LogP contribution in [-0.4, -0.2) is 69.4 Å². The van der Waals surface area contributed by atoms with Gasteiger partial charge in [-0.25, -0.2) is 15.0 Å². The number of fused-ring (bicyclic) bond motifs is 1. The Hall–Kier alpha value is -3.79. The average molecular weight is 450 g/mol. The molecule has 2 amide bonds. The van der Waals surface area contributed by atoms with Gasteiger partial charge in [0.05, 0.1) is 12.1 Å². The van der Waals surface area contributed by atoms with Crippen LogP contribution in [0.2, 0.25) is 0 Å². The second-order valence-corrected chi connectivity index (χ2v) is 8.02. The first-order valence-corrected chi connectivity index (χ1v) is 10.7. The van der Waals surface area contributed by atoms with Gasteiger partial charge in [-0.1, -0.05) is 12.1 Å². The summed E-state index contributed by atoms with van der Waals surface area (Å²) in [6, 6.07) is 8.60. The van der Waals surface area contributed by atoms with Crippen molar-refractivity contribution in [1.82, 2.24) is 24.8 Å². The number of nitrogen functional groups attached to an aromatic ring is 2. The highest BCUT2D eigenvalue weighted by atomic mass is 16.5. The van der Waals surface area contributed by atoms with Crippen molar-refractivity contribution in [2.24, 2.45) is 0 Å². The fourth-order valence-corrected chi connectivity index (χ4v) is 4.03. The van der Waals surface area contributed by atoms with E-state index in [1.54, 1.807) is 22.1 Å². The molecule has 10 heteroatoms. The van der Waals surface area contributed by atoms with E-state index in [-0.39, 0.29) is 24.8 Å². The summed E-state index contributed by atoms with van der Waals surface area (Å²) in [5.74, 6) is 0.645. The van der Waals surface area contributed by atoms with E-state index in [4.69, 9.17) is 16.2 Å². The molecule has 0 saturated carbocycles. The second kappa shape index (κ2) is 9.78. The third kappa shape index (κ3) is 5.01. The molecule has 1 aromatic carbocycles. The highest BCUT2D eigenvalue weighted by molar-refractivity contribution is 5.90. The predicted octanol–water partition coefficient (Wildman–Crippen LogP) is 1.01. The molecule has 2 aromatic heterocycles. The monoisotopic (exact) mass is 449 g/mol. The van der Waals surface area contributed by atoms with E-state index in [9.17, 15) is 9.59 Å². The van der Waals surface area contributed by atoms with E-state index < -0.39 is 6.04 Å². The number of aromatic nitrogens is 3. The van der Waals surface area contributed by atoms with Crippen LogP contribution in [0, 0.1) is 0 Å². The van der Waals surface area contributed by atoms with Gasteiger partial charge in [0.2, 0.25) is 11.8 Å². The van der Waals surface area contributed by atoms with Crippen LogP contribution >= 0.6 is 0 Å². The van der Waals surface area contributed by atoms with Crippen molar-refractivity contribution in [3.05, 3.63) is 54.0 Å². The molecule has 0 bridgehead atoms. The second-order valence-electron chi connectivity index (χ2n) is 8.02. The van der Waals surface area contributed by atoms with Gasteiger partial charge in [0.25, 0.3) is 0 Å². The maximum absolute atomic E-state index is 13.2. The number of aryl methyl sites for hydroxylation is 1. The molecule has 0 unspecified atom stereocenters. The van der Waals surface area contributed by atoms with E-state index in [2.05, 4.69) is 15.0 Å². The number of nitrogens with two attached hydrogens (primary N) is 2. The zero-order valence-electron chi connectivity index (χ0n) is 18.5. The smallest absolute Gasteiger partial charge is 0.248 e. The average Bonchev–Trinajstić information content (AvgIpc) is 2.81. The molecule has 10 nitrogen and oxygen atoms in total. The first kappa shape index (κ1) is 22.4. The molecule has 172 valence electrons. The Kier molecular flexibility index (Phi) is 6.64. The molecule has 3 aromatic rings. The first-order valence-electron chi connectivity index (χ1n) is 10.7. The topological polar surface area (TPSA) is 141 Å². The molecule has 0 aliphatic carbocycles. The maximum Gasteiger partial charge on any atom is 0.248 e. The molecule has 3 heterocycles. The Bertz CT molecular complexity index is 1150. The number of hydrogen-bond acceptors (Lipinski definition) is 8. The van der Waals surface area contributed by atoms with Crippen LogP contribution in [0.4, 0.5) is 11.6 Å². The molecule has 0 spiro atoms. The minimum Gasteiger partial charge on any atom is -0.384 e. The number of nitrogens with zero attached hydrogens (tertiary/aromatic N) is 5. The predicted molar refractivity (Wildman–Crippen MR) is 124 cm³/mol. The number of carbonyl (C=O) groups excluding carboxylic acids is 2. The van der Waals surface area contributed by atoms with Gasteiger partial charge < -0.3 is 26.0 Å². The number of ether oxygens (including phenoxy) is 1. The van der Waals surface area contributed by atoms with Gasteiger partial charge in [-0.05, 0) is 35.7 Å². The molecule has 0 radical (unpaired) electrons. The van der Waals surface area contributed by atoms with Crippen LogP contribution < -0.4 is 11.5 Å². The van der Waals surface area contributed by atoms with Crippen molar-refractivity contribution in [2.45, 2.75) is 25.4 Å². The van der Waals surface area contributed by atoms with Gasteiger partial charge in [-0.3, -0.25) is 9.59 Å². The Balaban J connectivity index is 1.43. The number of rotatable bonds is 7. The summed E-state index contributed by atoms with van der Waals surface area (Å²) >= 11 is 0. The number of pyridine rings is 1. The minimum atomic E-state index is -0.654. The van der Waals surface area contributed by atoms with Gasteiger partial charge in [-0.2, -0.15) is 0 Å². The standard InChI is InChI=1S/C23H27N7O3/c1-33-13-19-23(32)29(12-16-2-5-17-18(10-16)27-14-28-22(17)25)8-9-30(19)21(31)7-4-15-3-6-20(24)26-11-15/h2-3,5-6,10-11,14,19H,4,7-9,12-13H2,1H3,(H2,24,26)(H2,25,27,28)/t19-/m0/s1. The maximum atomic E-state index is 13.2. The highest BCUT2D eigenvalue weighted by Crippen LogP contribution is 2.21. The number of amides is 2. The van der Waals surface area contributed by atoms with Crippen molar-refractivity contribution < 1.29 is 14.3 Å². The summed E-state index contributed by atoms with van der Waals surface area (Å²) in [4.78, 5) is 41.9. The van der Waals surface area contributed by atoms with Crippen LogP contribution in [0.3, 0.4) is 0 Å². The molecule has 1 saturated heterocycles. The fraction of sp³-hybridized carbons (Fsp3) is 0.348. The van der Waals surface area contributed by atoms with E-state index in [0.29, 0.717) is 37.7 Å². The molecule has 4 N–H and O–H groups in total. The molecule has 1 aliphatic heterocycles. The van der Waals surface area contributed by atoms with Crippen molar-refractivity contribution >= 4 is 34.4 Å². The summed E-state index contributed by atoms with van der Waals surface area (Å²) in [5.41, 5.74) is 14.1. The third-order valence-electron chi connectivity index (χ3n) is 5.81. The SMILES string of the molecule is COC[C@H]1C(=O)N(Cc2ccc3c(N)ncnc3c2)CCN1C(=O)CCc1ccc(N)nc1. The number of hydrogen-bond donors (Lipinski definition) is 2. The fourth-order valence-electron chi connectivity index (χ4n) is 4.03. The van der Waals surface area contributed by atoms with Crippen molar-refractivity contribution in [3.63, 3.8) is 0 Å². The van der Waals surface area contributed by atoms with Crippen LogP contribution in [0.1, 0.15) is 17.5 Å². The zero-order chi connectivity index (χ0) is 23.4. The summed E-state index contributed by atoms with van der Waals surface area (Å²) in [6.45, 7) is 1.45. The molecule has 4 rings (SSSR count). The quantitative estimate of drug-likeness (QED) is 0.544. The van der Waals surface area contributed by atoms with E-state index in [1.165, 1.54) is 13.4 Å². The zero-order valence-corrected chi connectivity index (χ0v) is 18.5. The minimum absolute atomic E-state index is 0.0836. The first-order chi connectivity index (χ1) is 16.0. The molecular formula is C23H27N7O3. The lowest BCUT2D eigenvalue weighted by Gasteiger charge is -2.40. The molecule has 1 fully saturated rings. The van der Waals surface area contributed by atoms with Gasteiger partial charge >= 0.3 is 0 Å². The number of benzene rings is 1. The largest absolute Gasteiger partial charge is 0.384 e. The van der Waals surface area contributed by atoms with Crippen LogP contribution in [0.5, 0.6) is 0 Å². The lowest BCUT2D eigenvalue weighted by molar-refractivity contribution is -0.154. The molecule has 1 aliphatic rings. The van der Waals surface area contributed by atoms with Gasteiger partial charge in [0.1, 0.15) is 24.0 Å². The van der Waals surface area contributed by atoms with Crippen LogP contribution in [0.25, 0.3) is 10.9 Å². The lowest BCUT2D eigenvalue weighted by atomic mass is 10.1. The molecule has 33 heavy (non-hydrogen) atoms. The number of methoxy groups -OCH3 is 1. The van der Waals surface area contributed by atoms with Gasteiger partial charge in [0.15, 0.2) is 0 Å². The van der Waals surface area contributed by atoms with Crippen molar-refractivity contribution in [2.75, 3.05) is 38.3 Å². The molecule has 1 atom stereocenters. The third-order valence-corrected chi connectivity index (χ3v) is 5.81. The molecular weight excluding hydrogens is 422 g/mol. The Morgan fingerprint density at radius 1 is 1.12 bits per heavy atom.